The Kier molecular flexibility index (Phi) is 5.06. The molecule has 5 nitrogen and oxygen atoms in total. The smallest absolute Gasteiger partial charge is 0.347 e. The molecule has 0 unspecified atom stereocenters. The molecule has 0 saturated heterocycles. The van der Waals surface area contributed by atoms with Crippen molar-refractivity contribution in [1.82, 2.24) is 10.8 Å². The van der Waals surface area contributed by atoms with Crippen molar-refractivity contribution in [1.29, 1.82) is 0 Å². The summed E-state index contributed by atoms with van der Waals surface area (Å²) in [4.78, 5) is 28.4. The van der Waals surface area contributed by atoms with Gasteiger partial charge in [-0.05, 0) is 39.8 Å². The largest absolute Gasteiger partial charge is 0.368 e. The zero-order chi connectivity index (χ0) is 14.5. The molecule has 1 rings (SSSR count). The summed E-state index contributed by atoms with van der Waals surface area (Å²) in [6.07, 6.45) is 0. The van der Waals surface area contributed by atoms with Gasteiger partial charge in [-0.2, -0.15) is 0 Å². The van der Waals surface area contributed by atoms with Gasteiger partial charge < -0.3 is 10.2 Å². The van der Waals surface area contributed by atoms with Gasteiger partial charge in [-0.15, -0.1) is 5.48 Å². The molecule has 0 fully saturated rings. The van der Waals surface area contributed by atoms with Crippen LogP contribution in [0.1, 0.15) is 38.1 Å². The van der Waals surface area contributed by atoms with Gasteiger partial charge in [0.15, 0.2) is 0 Å². The number of carbonyl (C=O) groups is 2. The first-order valence-electron chi connectivity index (χ1n) is 6.13. The molecule has 2 N–H and O–H groups in total. The third-order valence-electron chi connectivity index (χ3n) is 2.19. The zero-order valence-electron chi connectivity index (χ0n) is 11.7. The molecule has 0 aliphatic rings. The summed E-state index contributed by atoms with van der Waals surface area (Å²) >= 11 is 0. The summed E-state index contributed by atoms with van der Waals surface area (Å²) in [7, 11) is 0. The number of carbonyl (C=O) groups excluding carboxylic acids is 2. The Morgan fingerprint density at radius 1 is 1.16 bits per heavy atom. The Bertz CT molecular complexity index is 438. The molecule has 1 aromatic carbocycles. The maximum absolute atomic E-state index is 11.8. The summed E-state index contributed by atoms with van der Waals surface area (Å²) in [5, 5.41) is 2.58. The highest BCUT2D eigenvalue weighted by atomic mass is 16.7. The first-order chi connectivity index (χ1) is 8.79. The van der Waals surface area contributed by atoms with Crippen molar-refractivity contribution in [3.63, 3.8) is 0 Å². The van der Waals surface area contributed by atoms with Gasteiger partial charge >= 0.3 is 5.97 Å². The third kappa shape index (κ3) is 5.52. The van der Waals surface area contributed by atoms with E-state index in [1.165, 1.54) is 0 Å². The van der Waals surface area contributed by atoms with E-state index in [0.29, 0.717) is 5.56 Å². The van der Waals surface area contributed by atoms with Gasteiger partial charge in [0, 0.05) is 11.1 Å². The number of hydrogen-bond acceptors (Lipinski definition) is 4. The van der Waals surface area contributed by atoms with Crippen LogP contribution in [0.3, 0.4) is 0 Å². The second-order valence-electron chi connectivity index (χ2n) is 5.33. The Balaban J connectivity index is 2.48. The fourth-order valence-corrected chi connectivity index (χ4v) is 1.22. The lowest BCUT2D eigenvalue weighted by Gasteiger charge is -2.21. The van der Waals surface area contributed by atoms with Crippen LogP contribution in [0.2, 0.25) is 0 Å². The van der Waals surface area contributed by atoms with E-state index < -0.39 is 12.0 Å². The van der Waals surface area contributed by atoms with E-state index in [2.05, 4.69) is 10.8 Å². The van der Waals surface area contributed by atoms with E-state index in [1.54, 1.807) is 31.2 Å². The fourth-order valence-electron chi connectivity index (χ4n) is 1.22. The number of hydrogen-bond donors (Lipinski definition) is 2. The van der Waals surface area contributed by atoms with Crippen molar-refractivity contribution >= 4 is 11.9 Å². The molecule has 0 aliphatic carbocycles. The van der Waals surface area contributed by atoms with E-state index in [1.807, 2.05) is 26.8 Å². The summed E-state index contributed by atoms with van der Waals surface area (Å²) in [5.41, 5.74) is 2.79. The van der Waals surface area contributed by atoms with E-state index >= 15 is 0 Å². The standard InChI is InChI=1S/C14H20N2O3/c1-10(13(18)19-16-14(2,3)4)15-12(17)11-8-6-5-7-9-11/h5-10,16H,1-4H3,(H,15,17)/t10-/m0/s1. The van der Waals surface area contributed by atoms with E-state index in [4.69, 9.17) is 4.84 Å². The first-order valence-corrected chi connectivity index (χ1v) is 6.13. The average Bonchev–Trinajstić information content (AvgIpc) is 2.36. The Labute approximate surface area is 113 Å². The van der Waals surface area contributed by atoms with Crippen molar-refractivity contribution in [3.8, 4) is 0 Å². The number of nitrogens with one attached hydrogen (secondary N) is 2. The van der Waals surface area contributed by atoms with Crippen molar-refractivity contribution in [2.75, 3.05) is 0 Å². The Morgan fingerprint density at radius 3 is 2.26 bits per heavy atom. The highest BCUT2D eigenvalue weighted by Crippen LogP contribution is 2.01. The second-order valence-corrected chi connectivity index (χ2v) is 5.33. The summed E-state index contributed by atoms with van der Waals surface area (Å²) < 4.78 is 0. The lowest BCUT2D eigenvalue weighted by molar-refractivity contribution is -0.157. The molecule has 0 aromatic heterocycles. The van der Waals surface area contributed by atoms with E-state index in [-0.39, 0.29) is 11.4 Å². The molecule has 1 atom stereocenters. The topological polar surface area (TPSA) is 67.4 Å². The maximum Gasteiger partial charge on any atom is 0.347 e. The molecule has 1 amide bonds. The highest BCUT2D eigenvalue weighted by molar-refractivity contribution is 5.96. The van der Waals surface area contributed by atoms with Crippen molar-refractivity contribution in [2.45, 2.75) is 39.3 Å². The second kappa shape index (κ2) is 6.33. The molecule has 104 valence electrons. The minimum absolute atomic E-state index is 0.305. The van der Waals surface area contributed by atoms with Crippen molar-refractivity contribution < 1.29 is 14.4 Å². The number of rotatable bonds is 4. The molecule has 0 bridgehead atoms. The fraction of sp³-hybridized carbons (Fsp3) is 0.429. The molecule has 0 aliphatic heterocycles. The third-order valence-corrected chi connectivity index (χ3v) is 2.19. The van der Waals surface area contributed by atoms with Gasteiger partial charge in [0.25, 0.3) is 5.91 Å². The summed E-state index contributed by atoms with van der Waals surface area (Å²) in [5.74, 6) is -0.833. The quantitative estimate of drug-likeness (QED) is 0.811. The van der Waals surface area contributed by atoms with Crippen LogP contribution in [0.15, 0.2) is 30.3 Å². The Morgan fingerprint density at radius 2 is 1.74 bits per heavy atom. The number of hydroxylamine groups is 1. The summed E-state index contributed by atoms with van der Waals surface area (Å²) in [6.45, 7) is 7.18. The predicted molar refractivity (Wildman–Crippen MR) is 72.4 cm³/mol. The van der Waals surface area contributed by atoms with Crippen LogP contribution in [0.5, 0.6) is 0 Å². The van der Waals surface area contributed by atoms with Crippen molar-refractivity contribution in [2.24, 2.45) is 0 Å². The molecule has 0 spiro atoms. The van der Waals surface area contributed by atoms with Gasteiger partial charge in [-0.25, -0.2) is 4.79 Å². The van der Waals surface area contributed by atoms with Crippen LogP contribution in [-0.2, 0) is 9.63 Å². The molecule has 19 heavy (non-hydrogen) atoms. The average molecular weight is 264 g/mol. The van der Waals surface area contributed by atoms with Gasteiger partial charge in [0.05, 0.1) is 0 Å². The van der Waals surface area contributed by atoms with E-state index in [0.717, 1.165) is 0 Å². The maximum atomic E-state index is 11.8. The minimum atomic E-state index is -0.720. The molecule has 0 saturated carbocycles. The molecule has 0 radical (unpaired) electrons. The Hall–Kier alpha value is -1.88. The molecular formula is C14H20N2O3. The van der Waals surface area contributed by atoms with Gasteiger partial charge in [-0.1, -0.05) is 18.2 Å². The van der Waals surface area contributed by atoms with Crippen LogP contribution in [0.25, 0.3) is 0 Å². The molecular weight excluding hydrogens is 244 g/mol. The number of benzene rings is 1. The normalized spacial score (nSPS) is 12.6. The zero-order valence-corrected chi connectivity index (χ0v) is 11.7. The van der Waals surface area contributed by atoms with Crippen LogP contribution in [0.4, 0.5) is 0 Å². The first kappa shape index (κ1) is 15.2. The van der Waals surface area contributed by atoms with Crippen LogP contribution < -0.4 is 10.8 Å². The molecule has 0 heterocycles. The van der Waals surface area contributed by atoms with Crippen LogP contribution >= 0.6 is 0 Å². The number of amides is 1. The van der Waals surface area contributed by atoms with Gasteiger partial charge in [0.2, 0.25) is 0 Å². The van der Waals surface area contributed by atoms with E-state index in [9.17, 15) is 9.59 Å². The van der Waals surface area contributed by atoms with Crippen LogP contribution in [-0.4, -0.2) is 23.5 Å². The lowest BCUT2D eigenvalue weighted by atomic mass is 10.1. The summed E-state index contributed by atoms with van der Waals surface area (Å²) in [6, 6.07) is 7.99. The SMILES string of the molecule is C[C@H](NC(=O)c1ccccc1)C(=O)ONC(C)(C)C. The lowest BCUT2D eigenvalue weighted by Crippen LogP contribution is -2.45. The van der Waals surface area contributed by atoms with Gasteiger partial charge in [0.1, 0.15) is 6.04 Å². The predicted octanol–water partition coefficient (Wildman–Crippen LogP) is 1.65. The molecule has 1 aromatic rings. The van der Waals surface area contributed by atoms with Gasteiger partial charge in [-0.3, -0.25) is 4.79 Å². The van der Waals surface area contributed by atoms with Crippen molar-refractivity contribution in [3.05, 3.63) is 35.9 Å². The highest BCUT2D eigenvalue weighted by Gasteiger charge is 2.20. The molecule has 5 heteroatoms. The minimum Gasteiger partial charge on any atom is -0.368 e. The monoisotopic (exact) mass is 264 g/mol. The van der Waals surface area contributed by atoms with Crippen LogP contribution in [0, 0.1) is 0 Å².